The van der Waals surface area contributed by atoms with E-state index < -0.39 is 29.0 Å². The van der Waals surface area contributed by atoms with Crippen LogP contribution in [0.25, 0.3) is 0 Å². The van der Waals surface area contributed by atoms with Crippen molar-refractivity contribution in [1.29, 1.82) is 0 Å². The standard InChI is InChI=1S/C19H24F3NO4/c1-13(10-14-4-6-15(7-5-14)19(20,21)22)16(24)23-9-3-8-18(11-23,12-27-2)17(25)26/h4-7,13H,3,8-12H2,1-2H3,(H,25,26). The first-order valence-electron chi connectivity index (χ1n) is 8.76. The third-order valence-corrected chi connectivity index (χ3v) is 5.01. The normalized spacial score (nSPS) is 21.7. The van der Waals surface area contributed by atoms with Gasteiger partial charge in [-0.2, -0.15) is 13.2 Å². The van der Waals surface area contributed by atoms with Crippen LogP contribution < -0.4 is 0 Å². The molecule has 150 valence electrons. The van der Waals surface area contributed by atoms with Gasteiger partial charge in [0.2, 0.25) is 5.91 Å². The second-order valence-electron chi connectivity index (χ2n) is 7.18. The van der Waals surface area contributed by atoms with Crippen molar-refractivity contribution in [2.45, 2.75) is 32.4 Å². The molecule has 0 spiro atoms. The number of carboxylic acid groups (broad SMARTS) is 1. The average molecular weight is 387 g/mol. The number of methoxy groups -OCH3 is 1. The summed E-state index contributed by atoms with van der Waals surface area (Å²) in [7, 11) is 1.43. The van der Waals surface area contributed by atoms with E-state index in [9.17, 15) is 27.9 Å². The van der Waals surface area contributed by atoms with Crippen LogP contribution in [-0.2, 0) is 26.9 Å². The maximum atomic E-state index is 12.8. The Bertz CT molecular complexity index is 671. The predicted octanol–water partition coefficient (Wildman–Crippen LogP) is 3.22. The fourth-order valence-electron chi connectivity index (χ4n) is 3.53. The molecule has 1 fully saturated rings. The van der Waals surface area contributed by atoms with Crippen molar-refractivity contribution in [2.75, 3.05) is 26.8 Å². The summed E-state index contributed by atoms with van der Waals surface area (Å²) < 4.78 is 43.0. The highest BCUT2D eigenvalue weighted by Gasteiger charge is 2.44. The fourth-order valence-corrected chi connectivity index (χ4v) is 3.53. The van der Waals surface area contributed by atoms with E-state index in [1.54, 1.807) is 6.92 Å². The number of carboxylic acids is 1. The van der Waals surface area contributed by atoms with Crippen molar-refractivity contribution in [2.24, 2.45) is 11.3 Å². The molecule has 27 heavy (non-hydrogen) atoms. The van der Waals surface area contributed by atoms with Crippen LogP contribution in [0.5, 0.6) is 0 Å². The molecule has 2 atom stereocenters. The third-order valence-electron chi connectivity index (χ3n) is 5.01. The van der Waals surface area contributed by atoms with Gasteiger partial charge in [0, 0.05) is 26.1 Å². The van der Waals surface area contributed by atoms with Crippen molar-refractivity contribution in [3.05, 3.63) is 35.4 Å². The zero-order valence-electron chi connectivity index (χ0n) is 15.4. The lowest BCUT2D eigenvalue weighted by Gasteiger charge is -2.40. The first-order valence-corrected chi connectivity index (χ1v) is 8.76. The van der Waals surface area contributed by atoms with E-state index in [4.69, 9.17) is 4.74 Å². The number of carbonyl (C=O) groups excluding carboxylic acids is 1. The molecule has 0 aromatic heterocycles. The monoisotopic (exact) mass is 387 g/mol. The van der Waals surface area contributed by atoms with Crippen molar-refractivity contribution in [3.63, 3.8) is 0 Å². The summed E-state index contributed by atoms with van der Waals surface area (Å²) in [4.78, 5) is 26.0. The lowest BCUT2D eigenvalue weighted by Crippen LogP contribution is -2.53. The quantitative estimate of drug-likeness (QED) is 0.814. The number of alkyl halides is 3. The third kappa shape index (κ3) is 5.00. The number of piperidine rings is 1. The molecule has 0 radical (unpaired) electrons. The van der Waals surface area contributed by atoms with Gasteiger partial charge < -0.3 is 14.7 Å². The molecule has 8 heteroatoms. The molecule has 1 saturated heterocycles. The number of hydrogen-bond acceptors (Lipinski definition) is 3. The summed E-state index contributed by atoms with van der Waals surface area (Å²) in [6, 6.07) is 4.74. The van der Waals surface area contributed by atoms with Gasteiger partial charge in [-0.05, 0) is 37.0 Å². The molecule has 1 aliphatic heterocycles. The van der Waals surface area contributed by atoms with Crippen LogP contribution in [0.3, 0.4) is 0 Å². The highest BCUT2D eigenvalue weighted by Crippen LogP contribution is 2.32. The fraction of sp³-hybridized carbons (Fsp3) is 0.579. The molecule has 2 unspecified atom stereocenters. The molecular weight excluding hydrogens is 363 g/mol. The molecule has 1 amide bonds. The number of hydrogen-bond donors (Lipinski definition) is 1. The van der Waals surface area contributed by atoms with E-state index in [2.05, 4.69) is 0 Å². The highest BCUT2D eigenvalue weighted by molar-refractivity contribution is 5.81. The summed E-state index contributed by atoms with van der Waals surface area (Å²) in [5, 5.41) is 9.58. The van der Waals surface area contributed by atoms with E-state index in [-0.39, 0.29) is 25.5 Å². The van der Waals surface area contributed by atoms with Crippen molar-refractivity contribution in [1.82, 2.24) is 4.90 Å². The first kappa shape index (κ1) is 21.2. The van der Waals surface area contributed by atoms with Gasteiger partial charge in [-0.25, -0.2) is 0 Å². The van der Waals surface area contributed by atoms with Gasteiger partial charge in [0.05, 0.1) is 12.2 Å². The summed E-state index contributed by atoms with van der Waals surface area (Å²) in [6.45, 7) is 2.27. The van der Waals surface area contributed by atoms with Gasteiger partial charge in [-0.15, -0.1) is 0 Å². The van der Waals surface area contributed by atoms with Gasteiger partial charge in [0.15, 0.2) is 0 Å². The second kappa shape index (κ2) is 8.29. The van der Waals surface area contributed by atoms with Crippen molar-refractivity contribution in [3.8, 4) is 0 Å². The number of benzene rings is 1. The first-order chi connectivity index (χ1) is 12.6. The minimum Gasteiger partial charge on any atom is -0.481 e. The average Bonchev–Trinajstić information content (AvgIpc) is 2.61. The zero-order chi connectivity index (χ0) is 20.2. The van der Waals surface area contributed by atoms with Crippen molar-refractivity contribution < 1.29 is 32.6 Å². The molecular formula is C19H24F3NO4. The Kier molecular flexibility index (Phi) is 6.51. The molecule has 1 aromatic rings. The van der Waals surface area contributed by atoms with Crippen LogP contribution in [0, 0.1) is 11.3 Å². The van der Waals surface area contributed by atoms with Gasteiger partial charge in [0.1, 0.15) is 5.41 Å². The van der Waals surface area contributed by atoms with Gasteiger partial charge in [0.25, 0.3) is 0 Å². The number of aliphatic carboxylic acids is 1. The molecule has 0 aliphatic carbocycles. The SMILES string of the molecule is COCC1(C(=O)O)CCCN(C(=O)C(C)Cc2ccc(C(F)(F)F)cc2)C1. The molecule has 5 nitrogen and oxygen atoms in total. The molecule has 1 N–H and O–H groups in total. The number of halogens is 3. The number of nitrogens with zero attached hydrogens (tertiary/aromatic N) is 1. The molecule has 1 heterocycles. The highest BCUT2D eigenvalue weighted by atomic mass is 19.4. The number of carbonyl (C=O) groups is 2. The number of amides is 1. The zero-order valence-corrected chi connectivity index (χ0v) is 15.4. The van der Waals surface area contributed by atoms with Gasteiger partial charge in [-0.3, -0.25) is 9.59 Å². The Morgan fingerprint density at radius 3 is 2.44 bits per heavy atom. The van der Waals surface area contributed by atoms with E-state index in [0.29, 0.717) is 24.9 Å². The summed E-state index contributed by atoms with van der Waals surface area (Å²) in [5.74, 6) is -1.65. The number of likely N-dealkylation sites (tertiary alicyclic amines) is 1. The second-order valence-corrected chi connectivity index (χ2v) is 7.18. The Hall–Kier alpha value is -2.09. The Morgan fingerprint density at radius 1 is 1.30 bits per heavy atom. The summed E-state index contributed by atoms with van der Waals surface area (Å²) >= 11 is 0. The predicted molar refractivity (Wildman–Crippen MR) is 92.1 cm³/mol. The molecule has 1 aromatic carbocycles. The van der Waals surface area contributed by atoms with E-state index in [0.717, 1.165) is 12.1 Å². The molecule has 1 aliphatic rings. The van der Waals surface area contributed by atoms with Crippen LogP contribution in [-0.4, -0.2) is 48.7 Å². The lowest BCUT2D eigenvalue weighted by molar-refractivity contribution is -0.159. The molecule has 2 rings (SSSR count). The number of ether oxygens (including phenoxy) is 1. The van der Waals surface area contributed by atoms with Gasteiger partial charge in [-0.1, -0.05) is 19.1 Å². The smallest absolute Gasteiger partial charge is 0.416 e. The van der Waals surface area contributed by atoms with E-state index in [1.165, 1.54) is 24.1 Å². The topological polar surface area (TPSA) is 66.8 Å². The molecule has 0 saturated carbocycles. The lowest BCUT2D eigenvalue weighted by atomic mass is 9.80. The van der Waals surface area contributed by atoms with Crippen LogP contribution >= 0.6 is 0 Å². The number of rotatable bonds is 6. The Morgan fingerprint density at radius 2 is 1.93 bits per heavy atom. The van der Waals surface area contributed by atoms with E-state index in [1.807, 2.05) is 0 Å². The van der Waals surface area contributed by atoms with Crippen LogP contribution in [0.2, 0.25) is 0 Å². The van der Waals surface area contributed by atoms with Crippen LogP contribution in [0.15, 0.2) is 24.3 Å². The van der Waals surface area contributed by atoms with Gasteiger partial charge >= 0.3 is 12.1 Å². The summed E-state index contributed by atoms with van der Waals surface area (Å²) in [5.41, 5.74) is -1.22. The Balaban J connectivity index is 2.05. The molecule has 0 bridgehead atoms. The largest absolute Gasteiger partial charge is 0.481 e. The van der Waals surface area contributed by atoms with Crippen LogP contribution in [0.1, 0.15) is 30.9 Å². The maximum Gasteiger partial charge on any atom is 0.416 e. The van der Waals surface area contributed by atoms with E-state index >= 15 is 0 Å². The minimum absolute atomic E-state index is 0.0272. The maximum absolute atomic E-state index is 12.8. The van der Waals surface area contributed by atoms with Crippen molar-refractivity contribution >= 4 is 11.9 Å². The Labute approximate surface area is 156 Å². The minimum atomic E-state index is -4.39. The van der Waals surface area contributed by atoms with Crippen LogP contribution in [0.4, 0.5) is 13.2 Å². The summed E-state index contributed by atoms with van der Waals surface area (Å²) in [6.07, 6.45) is -3.10.